The fraction of sp³-hybridized carbons (Fsp3) is 0.188. The second-order valence-corrected chi connectivity index (χ2v) is 7.96. The van der Waals surface area contributed by atoms with Crippen LogP contribution in [-0.4, -0.2) is 17.2 Å². The van der Waals surface area contributed by atoms with Gasteiger partial charge in [-0.1, -0.05) is 60.7 Å². The van der Waals surface area contributed by atoms with Crippen molar-refractivity contribution < 1.29 is 14.5 Å². The van der Waals surface area contributed by atoms with E-state index in [-0.39, 0.29) is 6.16 Å². The molecule has 0 aliphatic heterocycles. The smallest absolute Gasteiger partial charge is 0.310 e. The van der Waals surface area contributed by atoms with Crippen molar-refractivity contribution in [3.05, 3.63) is 71.8 Å². The van der Waals surface area contributed by atoms with Crippen molar-refractivity contribution in [1.82, 2.24) is 0 Å². The van der Waals surface area contributed by atoms with E-state index in [1.165, 1.54) is 0 Å². The zero-order chi connectivity index (χ0) is 14.4. The van der Waals surface area contributed by atoms with E-state index in [0.717, 1.165) is 11.1 Å². The van der Waals surface area contributed by atoms with Gasteiger partial charge in [0.05, 0.1) is 6.16 Å². The first-order chi connectivity index (χ1) is 9.57. The van der Waals surface area contributed by atoms with Gasteiger partial charge in [0.15, 0.2) is 0 Å². The molecule has 0 aliphatic rings. The molecule has 0 atom stereocenters. The van der Waals surface area contributed by atoms with Crippen LogP contribution < -0.4 is 0 Å². The molecule has 0 saturated carbocycles. The highest BCUT2D eigenvalue weighted by atomic mass is 31.2. The first-order valence-electron chi connectivity index (χ1n) is 6.44. The highest BCUT2D eigenvalue weighted by Gasteiger charge is 2.26. The zero-order valence-electron chi connectivity index (χ0n) is 11.1. The van der Waals surface area contributed by atoms with Gasteiger partial charge < -0.3 is 9.67 Å². The summed E-state index contributed by atoms with van der Waals surface area (Å²) in [5.41, 5.74) is 1.85. The third kappa shape index (κ3) is 4.36. The molecule has 0 fully saturated rings. The zero-order valence-corrected chi connectivity index (χ0v) is 12.0. The molecule has 2 rings (SSSR count). The highest BCUT2D eigenvalue weighted by Crippen LogP contribution is 2.51. The van der Waals surface area contributed by atoms with Gasteiger partial charge in [0.1, 0.15) is 7.14 Å². The van der Waals surface area contributed by atoms with Gasteiger partial charge in [-0.05, 0) is 11.1 Å². The van der Waals surface area contributed by atoms with Crippen LogP contribution in [0.3, 0.4) is 0 Å². The number of carboxylic acids is 1. The number of benzene rings is 2. The molecule has 0 radical (unpaired) electrons. The molecule has 104 valence electrons. The SMILES string of the molecule is O=C(O)CP(=O)(Cc1ccccc1)Cc1ccccc1. The van der Waals surface area contributed by atoms with Crippen LogP contribution in [0.5, 0.6) is 0 Å². The Balaban J connectivity index is 2.21. The Bertz CT molecular complexity index is 563. The normalized spacial score (nSPS) is 11.2. The Kier molecular flexibility index (Phi) is 4.75. The van der Waals surface area contributed by atoms with Crippen LogP contribution >= 0.6 is 7.14 Å². The summed E-state index contributed by atoms with van der Waals surface area (Å²) < 4.78 is 13.0. The maximum atomic E-state index is 13.0. The van der Waals surface area contributed by atoms with Crippen LogP contribution in [-0.2, 0) is 21.7 Å². The summed E-state index contributed by atoms with van der Waals surface area (Å²) in [6, 6.07) is 18.8. The van der Waals surface area contributed by atoms with Crippen molar-refractivity contribution in [3.8, 4) is 0 Å². The molecule has 3 nitrogen and oxygen atoms in total. The fourth-order valence-corrected chi connectivity index (χ4v) is 4.83. The average molecular weight is 288 g/mol. The monoisotopic (exact) mass is 288 g/mol. The Labute approximate surface area is 118 Å². The number of carbonyl (C=O) groups is 1. The standard InChI is InChI=1S/C16H17O3P/c17-16(18)13-20(19,11-14-7-3-1-4-8-14)12-15-9-5-2-6-10-15/h1-10H,11-13H2,(H,17,18). The summed E-state index contributed by atoms with van der Waals surface area (Å²) in [5, 5.41) is 9.03. The maximum absolute atomic E-state index is 13.0. The molecular weight excluding hydrogens is 271 g/mol. The molecule has 0 unspecified atom stereocenters. The van der Waals surface area contributed by atoms with E-state index in [9.17, 15) is 9.36 Å². The van der Waals surface area contributed by atoms with Crippen molar-refractivity contribution in [2.75, 3.05) is 6.16 Å². The van der Waals surface area contributed by atoms with Gasteiger partial charge in [0.2, 0.25) is 0 Å². The Morgan fingerprint density at radius 2 is 1.25 bits per heavy atom. The first-order valence-corrected chi connectivity index (χ1v) is 8.70. The van der Waals surface area contributed by atoms with Gasteiger partial charge in [-0.3, -0.25) is 4.79 Å². The number of aliphatic carboxylic acids is 1. The van der Waals surface area contributed by atoms with Crippen molar-refractivity contribution in [1.29, 1.82) is 0 Å². The summed E-state index contributed by atoms with van der Waals surface area (Å²) in [7, 11) is -2.82. The molecule has 1 N–H and O–H groups in total. The molecule has 0 aliphatic carbocycles. The largest absolute Gasteiger partial charge is 0.481 e. The van der Waals surface area contributed by atoms with Crippen LogP contribution in [0.1, 0.15) is 11.1 Å². The average Bonchev–Trinajstić information content (AvgIpc) is 2.39. The van der Waals surface area contributed by atoms with E-state index in [1.54, 1.807) is 0 Å². The molecule has 2 aromatic rings. The van der Waals surface area contributed by atoms with E-state index in [0.29, 0.717) is 12.3 Å². The summed E-state index contributed by atoms with van der Waals surface area (Å²) in [4.78, 5) is 11.0. The lowest BCUT2D eigenvalue weighted by Gasteiger charge is -2.16. The molecule has 0 spiro atoms. The van der Waals surface area contributed by atoms with Gasteiger partial charge >= 0.3 is 5.97 Å². The third-order valence-electron chi connectivity index (χ3n) is 3.05. The van der Waals surface area contributed by atoms with Crippen LogP contribution in [0.2, 0.25) is 0 Å². The molecule has 4 heteroatoms. The van der Waals surface area contributed by atoms with E-state index in [2.05, 4.69) is 0 Å². The Hall–Kier alpha value is -1.86. The van der Waals surface area contributed by atoms with Crippen LogP contribution in [0, 0.1) is 0 Å². The maximum Gasteiger partial charge on any atom is 0.310 e. The minimum absolute atomic E-state index is 0.267. The number of carboxylic acid groups (broad SMARTS) is 1. The van der Waals surface area contributed by atoms with Crippen molar-refractivity contribution in [2.45, 2.75) is 12.3 Å². The number of rotatable bonds is 6. The minimum Gasteiger partial charge on any atom is -0.481 e. The third-order valence-corrected chi connectivity index (χ3v) is 5.78. The van der Waals surface area contributed by atoms with Gasteiger partial charge in [-0.2, -0.15) is 0 Å². The second kappa shape index (κ2) is 6.53. The highest BCUT2D eigenvalue weighted by molar-refractivity contribution is 7.63. The lowest BCUT2D eigenvalue weighted by molar-refractivity contribution is -0.134. The van der Waals surface area contributed by atoms with Crippen molar-refractivity contribution in [2.24, 2.45) is 0 Å². The summed E-state index contributed by atoms with van der Waals surface area (Å²) in [6.45, 7) is 0. The van der Waals surface area contributed by atoms with E-state index < -0.39 is 13.1 Å². The Morgan fingerprint density at radius 1 is 0.850 bits per heavy atom. The van der Waals surface area contributed by atoms with Crippen LogP contribution in [0.25, 0.3) is 0 Å². The summed E-state index contributed by atoms with van der Waals surface area (Å²) in [6.07, 6.45) is 0.390. The molecule has 0 saturated heterocycles. The molecule has 0 bridgehead atoms. The van der Waals surface area contributed by atoms with Crippen molar-refractivity contribution in [3.63, 3.8) is 0 Å². The first kappa shape index (κ1) is 14.5. The van der Waals surface area contributed by atoms with E-state index >= 15 is 0 Å². The predicted molar refractivity (Wildman–Crippen MR) is 80.4 cm³/mol. The lowest BCUT2D eigenvalue weighted by Crippen LogP contribution is -2.07. The number of hydrogen-bond donors (Lipinski definition) is 1. The van der Waals surface area contributed by atoms with E-state index in [1.807, 2.05) is 60.7 Å². The van der Waals surface area contributed by atoms with Gasteiger partial charge in [-0.25, -0.2) is 0 Å². The molecule has 2 aromatic carbocycles. The van der Waals surface area contributed by atoms with E-state index in [4.69, 9.17) is 5.11 Å². The second-order valence-electron chi connectivity index (χ2n) is 4.90. The molecule has 0 aromatic heterocycles. The van der Waals surface area contributed by atoms with Crippen LogP contribution in [0.4, 0.5) is 0 Å². The lowest BCUT2D eigenvalue weighted by atomic mass is 10.2. The Morgan fingerprint density at radius 3 is 1.60 bits per heavy atom. The predicted octanol–water partition coefficient (Wildman–Crippen LogP) is 3.83. The van der Waals surface area contributed by atoms with Crippen LogP contribution in [0.15, 0.2) is 60.7 Å². The summed E-state index contributed by atoms with van der Waals surface area (Å²) >= 11 is 0. The van der Waals surface area contributed by atoms with Gasteiger partial charge in [0.25, 0.3) is 0 Å². The van der Waals surface area contributed by atoms with Gasteiger partial charge in [-0.15, -0.1) is 0 Å². The molecule has 0 heterocycles. The quantitative estimate of drug-likeness (QED) is 0.822. The fourth-order valence-electron chi connectivity index (χ4n) is 2.25. The molecular formula is C16H17O3P. The van der Waals surface area contributed by atoms with Crippen molar-refractivity contribution >= 4 is 13.1 Å². The molecule has 0 amide bonds. The number of hydrogen-bond acceptors (Lipinski definition) is 2. The molecule has 20 heavy (non-hydrogen) atoms. The van der Waals surface area contributed by atoms with Gasteiger partial charge in [0, 0.05) is 12.3 Å². The minimum atomic E-state index is -2.82. The summed E-state index contributed by atoms with van der Waals surface area (Å²) in [5.74, 6) is -1.000. The topological polar surface area (TPSA) is 54.4 Å².